The molecule has 2 atom stereocenters. The molecule has 1 amide bonds. The van der Waals surface area contributed by atoms with Crippen molar-refractivity contribution in [2.24, 2.45) is 7.05 Å². The number of β-lactam (4-membered cyclic amide) rings is 1. The monoisotopic (exact) mass is 526 g/mol. The maximum absolute atomic E-state index is 13.0. The number of ether oxygens (including phenoxy) is 1. The number of carbonyl (C=O) groups is 2. The summed E-state index contributed by atoms with van der Waals surface area (Å²) in [6, 6.07) is 11.2. The number of anilines is 1. The summed E-state index contributed by atoms with van der Waals surface area (Å²) in [5.74, 6) is 0.381. The molecular formula is C23H24N7O4S2+. The molecule has 2 N–H and O–H groups in total. The van der Waals surface area contributed by atoms with E-state index in [1.165, 1.54) is 21.3 Å². The van der Waals surface area contributed by atoms with Crippen molar-refractivity contribution in [3.05, 3.63) is 65.6 Å². The number of benzene rings is 1. The molecule has 0 saturated carbocycles. The molecule has 0 aliphatic carbocycles. The van der Waals surface area contributed by atoms with Crippen LogP contribution in [0.2, 0.25) is 0 Å². The van der Waals surface area contributed by atoms with Crippen LogP contribution < -0.4 is 14.6 Å². The van der Waals surface area contributed by atoms with Gasteiger partial charge in [0, 0.05) is 41.9 Å². The Morgan fingerprint density at radius 3 is 2.67 bits per heavy atom. The van der Waals surface area contributed by atoms with Gasteiger partial charge in [0.1, 0.15) is 22.9 Å². The van der Waals surface area contributed by atoms with Crippen LogP contribution in [0.25, 0.3) is 0 Å². The molecule has 11 nitrogen and oxygen atoms in total. The average Bonchev–Trinajstić information content (AvgIpc) is 3.31. The number of nitrogens with zero attached hydrogens (tertiary/aromatic N) is 6. The second-order valence-electron chi connectivity index (χ2n) is 8.27. The quantitative estimate of drug-likeness (QED) is 0.240. The Balaban J connectivity index is 1.23. The van der Waals surface area contributed by atoms with Crippen LogP contribution in [0.1, 0.15) is 5.56 Å². The van der Waals surface area contributed by atoms with Crippen molar-refractivity contribution in [3.8, 4) is 5.75 Å². The highest BCUT2D eigenvalue weighted by molar-refractivity contribution is 8.01. The molecule has 3 aromatic rings. The maximum Gasteiger partial charge on any atom is 0.352 e. The minimum Gasteiger partial charge on any atom is -0.497 e. The topological polar surface area (TPSA) is 126 Å². The first kappa shape index (κ1) is 24.1. The number of rotatable bonds is 9. The van der Waals surface area contributed by atoms with Crippen LogP contribution >= 0.6 is 23.5 Å². The van der Waals surface area contributed by atoms with E-state index < -0.39 is 12.0 Å². The lowest BCUT2D eigenvalue weighted by Crippen LogP contribution is -2.67. The lowest BCUT2D eigenvalue weighted by atomic mass is 10.0. The van der Waals surface area contributed by atoms with Crippen LogP contribution in [-0.4, -0.2) is 72.1 Å². The number of carbonyl (C=O) groups excluding carboxylic acids is 1. The molecule has 1 fully saturated rings. The predicted octanol–water partition coefficient (Wildman–Crippen LogP) is 1.38. The third kappa shape index (κ3) is 4.75. The normalized spacial score (nSPS) is 19.1. The summed E-state index contributed by atoms with van der Waals surface area (Å²) in [5, 5.41) is 24.8. The van der Waals surface area contributed by atoms with Crippen LogP contribution in [-0.2, 0) is 23.2 Å². The average molecular weight is 527 g/mol. The van der Waals surface area contributed by atoms with Gasteiger partial charge in [0.2, 0.25) is 5.16 Å². The van der Waals surface area contributed by atoms with E-state index in [1.54, 1.807) is 25.9 Å². The molecule has 0 spiro atoms. The SMILES string of the molecule is COc1ccc(C[n+]2ccc(N[C@@H]3C(=O)N4C(C(=O)O)=C(CSc5nnnn5C)CSC34)cc2)cc1. The molecular weight excluding hydrogens is 502 g/mol. The van der Waals surface area contributed by atoms with Crippen LogP contribution in [0.15, 0.2) is 65.2 Å². The second-order valence-corrected chi connectivity index (χ2v) is 10.3. The van der Waals surface area contributed by atoms with Gasteiger partial charge in [-0.3, -0.25) is 9.69 Å². The van der Waals surface area contributed by atoms with Crippen molar-refractivity contribution in [2.45, 2.75) is 23.1 Å². The van der Waals surface area contributed by atoms with Crippen molar-refractivity contribution in [2.75, 3.05) is 23.9 Å². The van der Waals surface area contributed by atoms with E-state index in [2.05, 4.69) is 20.8 Å². The highest BCUT2D eigenvalue weighted by Crippen LogP contribution is 2.42. The number of aliphatic carboxylic acids is 1. The van der Waals surface area contributed by atoms with Gasteiger partial charge in [-0.25, -0.2) is 14.0 Å². The Labute approximate surface area is 215 Å². The van der Waals surface area contributed by atoms with Crippen molar-refractivity contribution < 1.29 is 24.0 Å². The van der Waals surface area contributed by atoms with Gasteiger partial charge in [-0.05, 0) is 40.3 Å². The number of tetrazole rings is 1. The summed E-state index contributed by atoms with van der Waals surface area (Å²) >= 11 is 2.90. The van der Waals surface area contributed by atoms with Crippen LogP contribution in [0.4, 0.5) is 5.69 Å². The Morgan fingerprint density at radius 1 is 1.28 bits per heavy atom. The minimum absolute atomic E-state index is 0.0647. The van der Waals surface area contributed by atoms with E-state index >= 15 is 0 Å². The van der Waals surface area contributed by atoms with Crippen LogP contribution in [0.3, 0.4) is 0 Å². The molecule has 13 heteroatoms. The third-order valence-corrected chi connectivity index (χ3v) is 8.38. The highest BCUT2D eigenvalue weighted by atomic mass is 32.2. The lowest BCUT2D eigenvalue weighted by molar-refractivity contribution is -0.688. The zero-order valence-corrected chi connectivity index (χ0v) is 21.2. The fourth-order valence-corrected chi connectivity index (χ4v) is 6.40. The summed E-state index contributed by atoms with van der Waals surface area (Å²) < 4.78 is 8.77. The van der Waals surface area contributed by atoms with E-state index in [0.717, 1.165) is 17.0 Å². The Kier molecular flexibility index (Phi) is 6.83. The molecule has 2 aliphatic heterocycles. The van der Waals surface area contributed by atoms with E-state index in [1.807, 2.05) is 53.4 Å². The van der Waals surface area contributed by atoms with Gasteiger partial charge < -0.3 is 15.2 Å². The zero-order chi connectivity index (χ0) is 25.2. The molecule has 0 bridgehead atoms. The van der Waals surface area contributed by atoms with Crippen LogP contribution in [0, 0.1) is 0 Å². The summed E-state index contributed by atoms with van der Waals surface area (Å²) in [7, 11) is 3.36. The Bertz CT molecular complexity index is 1310. The summed E-state index contributed by atoms with van der Waals surface area (Å²) in [6.07, 6.45) is 3.89. The first-order valence-corrected chi connectivity index (χ1v) is 13.1. The number of amides is 1. The van der Waals surface area contributed by atoms with Gasteiger partial charge in [-0.15, -0.1) is 16.9 Å². The van der Waals surface area contributed by atoms with Crippen molar-refractivity contribution in [3.63, 3.8) is 0 Å². The van der Waals surface area contributed by atoms with E-state index in [0.29, 0.717) is 28.8 Å². The Hall–Kier alpha value is -3.58. The molecule has 1 aromatic carbocycles. The van der Waals surface area contributed by atoms with Crippen LogP contribution in [0.5, 0.6) is 5.75 Å². The smallest absolute Gasteiger partial charge is 0.352 e. The number of thioether (sulfide) groups is 2. The third-order valence-electron chi connectivity index (χ3n) is 5.94. The first-order chi connectivity index (χ1) is 17.4. The molecule has 4 heterocycles. The zero-order valence-electron chi connectivity index (χ0n) is 19.6. The predicted molar refractivity (Wildman–Crippen MR) is 133 cm³/mol. The Morgan fingerprint density at radius 2 is 2.03 bits per heavy atom. The summed E-state index contributed by atoms with van der Waals surface area (Å²) in [6.45, 7) is 0.705. The van der Waals surface area contributed by atoms with E-state index in [-0.39, 0.29) is 17.0 Å². The molecule has 2 aromatic heterocycles. The van der Waals surface area contributed by atoms with Gasteiger partial charge >= 0.3 is 5.97 Å². The van der Waals surface area contributed by atoms with Gasteiger partial charge in [-0.2, -0.15) is 0 Å². The number of carboxylic acid groups (broad SMARTS) is 1. The fourth-order valence-electron chi connectivity index (χ4n) is 4.07. The van der Waals surface area contributed by atoms with Crippen molar-refractivity contribution >= 4 is 41.1 Å². The second kappa shape index (κ2) is 10.2. The molecule has 0 radical (unpaired) electrons. The molecule has 186 valence electrons. The number of nitrogens with one attached hydrogen (secondary N) is 1. The van der Waals surface area contributed by atoms with E-state index in [9.17, 15) is 14.7 Å². The van der Waals surface area contributed by atoms with Crippen molar-refractivity contribution in [1.82, 2.24) is 25.1 Å². The maximum atomic E-state index is 13.0. The van der Waals surface area contributed by atoms with Gasteiger partial charge in [-0.1, -0.05) is 11.8 Å². The van der Waals surface area contributed by atoms with Crippen molar-refractivity contribution in [1.29, 1.82) is 0 Å². The van der Waals surface area contributed by atoms with Gasteiger partial charge in [0.05, 0.1) is 7.11 Å². The largest absolute Gasteiger partial charge is 0.497 e. The lowest BCUT2D eigenvalue weighted by Gasteiger charge is -2.49. The number of carboxylic acids is 1. The molecule has 1 unspecified atom stereocenters. The standard InChI is InChI=1S/C23H23N7O4S2/c1-28-23(25-26-27-28)36-13-15-12-35-21-18(20(31)30(21)19(15)22(32)33)24-16-7-9-29(10-8-16)11-14-3-5-17(34-2)6-4-14/h3-10,18,21H,11-13H2,1-2H3,(H,32,33)/p+1/t18-,21?/m1/s1. The fraction of sp³-hybridized carbons (Fsp3) is 0.304. The number of hydrogen-bond acceptors (Lipinski definition) is 9. The van der Waals surface area contributed by atoms with Gasteiger partial charge in [0.15, 0.2) is 18.9 Å². The first-order valence-electron chi connectivity index (χ1n) is 11.1. The summed E-state index contributed by atoms with van der Waals surface area (Å²) in [4.78, 5) is 26.5. The highest BCUT2D eigenvalue weighted by Gasteiger charge is 2.53. The summed E-state index contributed by atoms with van der Waals surface area (Å²) in [5.41, 5.74) is 2.69. The molecule has 5 rings (SSSR count). The molecule has 2 aliphatic rings. The number of methoxy groups -OCH3 is 1. The number of fused-ring (bicyclic) bond motifs is 1. The number of pyridine rings is 1. The number of hydrogen-bond donors (Lipinski definition) is 2. The number of aromatic nitrogens is 5. The molecule has 1 saturated heterocycles. The van der Waals surface area contributed by atoms with E-state index in [4.69, 9.17) is 4.74 Å². The van der Waals surface area contributed by atoms with Gasteiger partial charge in [0.25, 0.3) is 5.91 Å². The number of aryl methyl sites for hydroxylation is 1. The molecule has 36 heavy (non-hydrogen) atoms. The minimum atomic E-state index is -1.10.